The molecular formula is C13H23NO2. The van der Waals surface area contributed by atoms with E-state index in [1.165, 1.54) is 0 Å². The van der Waals surface area contributed by atoms with E-state index in [4.69, 9.17) is 9.15 Å². The molecule has 0 unspecified atom stereocenters. The van der Waals surface area contributed by atoms with Crippen LogP contribution in [0.5, 0.6) is 0 Å². The van der Waals surface area contributed by atoms with Crippen molar-refractivity contribution in [1.82, 2.24) is 5.32 Å². The van der Waals surface area contributed by atoms with E-state index < -0.39 is 0 Å². The largest absolute Gasteiger partial charge is 0.462 e. The van der Waals surface area contributed by atoms with Crippen LogP contribution >= 0.6 is 0 Å². The van der Waals surface area contributed by atoms with Gasteiger partial charge in [-0.1, -0.05) is 6.92 Å². The number of hydrogen-bond acceptors (Lipinski definition) is 3. The maximum Gasteiger partial charge on any atom is 0.129 e. The first kappa shape index (κ1) is 13.3. The smallest absolute Gasteiger partial charge is 0.129 e. The Morgan fingerprint density at radius 1 is 1.25 bits per heavy atom. The van der Waals surface area contributed by atoms with E-state index in [1.807, 2.05) is 32.9 Å². The summed E-state index contributed by atoms with van der Waals surface area (Å²) >= 11 is 0. The number of furan rings is 1. The van der Waals surface area contributed by atoms with Crippen LogP contribution in [0.25, 0.3) is 0 Å². The summed E-state index contributed by atoms with van der Waals surface area (Å²) in [7, 11) is 0. The molecule has 1 rings (SSSR count). The quantitative estimate of drug-likeness (QED) is 0.755. The normalized spacial score (nSPS) is 12.0. The van der Waals surface area contributed by atoms with Crippen LogP contribution in [-0.4, -0.2) is 12.1 Å². The third-order valence-electron chi connectivity index (χ3n) is 2.09. The van der Waals surface area contributed by atoms with Crippen molar-refractivity contribution in [2.75, 3.05) is 6.54 Å². The molecule has 1 N–H and O–H groups in total. The van der Waals surface area contributed by atoms with Gasteiger partial charge in [0, 0.05) is 0 Å². The molecule has 0 radical (unpaired) electrons. The summed E-state index contributed by atoms with van der Waals surface area (Å²) in [5, 5.41) is 3.30. The summed E-state index contributed by atoms with van der Waals surface area (Å²) in [4.78, 5) is 0. The predicted octanol–water partition coefficient (Wildman–Crippen LogP) is 3.09. The lowest BCUT2D eigenvalue weighted by Crippen LogP contribution is -2.18. The molecule has 1 aromatic heterocycles. The minimum atomic E-state index is -0.118. The summed E-state index contributed by atoms with van der Waals surface area (Å²) in [5.74, 6) is 1.86. The Morgan fingerprint density at radius 3 is 2.56 bits per heavy atom. The van der Waals surface area contributed by atoms with E-state index in [9.17, 15) is 0 Å². The first-order valence-corrected chi connectivity index (χ1v) is 5.93. The van der Waals surface area contributed by atoms with Gasteiger partial charge in [0.1, 0.15) is 18.1 Å². The second-order valence-corrected chi connectivity index (χ2v) is 4.95. The van der Waals surface area contributed by atoms with Crippen molar-refractivity contribution in [3.8, 4) is 0 Å². The summed E-state index contributed by atoms with van der Waals surface area (Å²) in [6.07, 6.45) is 1.14. The maximum atomic E-state index is 5.64. The van der Waals surface area contributed by atoms with Crippen molar-refractivity contribution in [3.05, 3.63) is 23.7 Å². The van der Waals surface area contributed by atoms with Gasteiger partial charge in [0.25, 0.3) is 0 Å². The Labute approximate surface area is 98.2 Å². The van der Waals surface area contributed by atoms with Crippen LogP contribution in [0.1, 0.15) is 45.6 Å². The number of ether oxygens (including phenoxy) is 1. The first-order valence-electron chi connectivity index (χ1n) is 5.93. The fourth-order valence-electron chi connectivity index (χ4n) is 1.27. The van der Waals surface area contributed by atoms with Gasteiger partial charge < -0.3 is 14.5 Å². The molecule has 0 amide bonds. The third kappa shape index (κ3) is 5.33. The van der Waals surface area contributed by atoms with Gasteiger partial charge in [-0.15, -0.1) is 0 Å². The van der Waals surface area contributed by atoms with Gasteiger partial charge in [-0.2, -0.15) is 0 Å². The van der Waals surface area contributed by atoms with Crippen molar-refractivity contribution in [2.24, 2.45) is 0 Å². The van der Waals surface area contributed by atoms with E-state index in [-0.39, 0.29) is 5.60 Å². The fourth-order valence-corrected chi connectivity index (χ4v) is 1.27. The van der Waals surface area contributed by atoms with E-state index in [1.54, 1.807) is 0 Å². The highest BCUT2D eigenvalue weighted by Gasteiger charge is 2.11. The Hall–Kier alpha value is -0.800. The molecule has 16 heavy (non-hydrogen) atoms. The average Bonchev–Trinajstić information content (AvgIpc) is 2.62. The zero-order chi connectivity index (χ0) is 12.0. The van der Waals surface area contributed by atoms with Gasteiger partial charge in [-0.3, -0.25) is 0 Å². The van der Waals surface area contributed by atoms with Crippen LogP contribution in [0.2, 0.25) is 0 Å². The highest BCUT2D eigenvalue weighted by Crippen LogP contribution is 2.14. The molecule has 0 aromatic carbocycles. The van der Waals surface area contributed by atoms with E-state index in [2.05, 4.69) is 12.2 Å². The van der Waals surface area contributed by atoms with Crippen molar-refractivity contribution in [1.29, 1.82) is 0 Å². The molecule has 0 bridgehead atoms. The van der Waals surface area contributed by atoms with Crippen LogP contribution in [0.3, 0.4) is 0 Å². The van der Waals surface area contributed by atoms with Gasteiger partial charge in [0.05, 0.1) is 12.1 Å². The lowest BCUT2D eigenvalue weighted by Gasteiger charge is -2.18. The van der Waals surface area contributed by atoms with Crippen LogP contribution in [-0.2, 0) is 17.9 Å². The lowest BCUT2D eigenvalue weighted by molar-refractivity contribution is -0.0227. The average molecular weight is 225 g/mol. The first-order chi connectivity index (χ1) is 7.51. The molecule has 0 aliphatic heterocycles. The highest BCUT2D eigenvalue weighted by molar-refractivity contribution is 5.06. The highest BCUT2D eigenvalue weighted by atomic mass is 16.5. The standard InChI is InChI=1S/C13H23NO2/c1-5-8-14-9-11-6-7-12(16-11)10-15-13(2,3)4/h6-7,14H,5,8-10H2,1-4H3. The second-order valence-electron chi connectivity index (χ2n) is 4.95. The van der Waals surface area contributed by atoms with E-state index in [0.29, 0.717) is 6.61 Å². The molecule has 3 heteroatoms. The van der Waals surface area contributed by atoms with Crippen LogP contribution in [0.15, 0.2) is 16.5 Å². The van der Waals surface area contributed by atoms with Gasteiger partial charge in [0.15, 0.2) is 0 Å². The zero-order valence-corrected chi connectivity index (χ0v) is 10.8. The molecule has 0 aliphatic carbocycles. The van der Waals surface area contributed by atoms with Crippen LogP contribution in [0, 0.1) is 0 Å². The van der Waals surface area contributed by atoms with Crippen LogP contribution in [0.4, 0.5) is 0 Å². The third-order valence-corrected chi connectivity index (χ3v) is 2.09. The summed E-state index contributed by atoms with van der Waals surface area (Å²) in [6, 6.07) is 3.98. The van der Waals surface area contributed by atoms with E-state index in [0.717, 1.165) is 31.0 Å². The Bertz CT molecular complexity index is 299. The van der Waals surface area contributed by atoms with E-state index >= 15 is 0 Å². The molecule has 0 spiro atoms. The minimum absolute atomic E-state index is 0.118. The molecular weight excluding hydrogens is 202 g/mol. The molecule has 1 aromatic rings. The van der Waals surface area contributed by atoms with Gasteiger partial charge in [0.2, 0.25) is 0 Å². The fraction of sp³-hybridized carbons (Fsp3) is 0.692. The monoisotopic (exact) mass is 225 g/mol. The molecule has 92 valence electrons. The molecule has 0 fully saturated rings. The lowest BCUT2D eigenvalue weighted by atomic mass is 10.2. The van der Waals surface area contributed by atoms with Crippen molar-refractivity contribution < 1.29 is 9.15 Å². The second kappa shape index (κ2) is 6.06. The number of rotatable bonds is 6. The maximum absolute atomic E-state index is 5.64. The van der Waals surface area contributed by atoms with Crippen LogP contribution < -0.4 is 5.32 Å². The van der Waals surface area contributed by atoms with Gasteiger partial charge in [-0.05, 0) is 45.9 Å². The molecule has 0 saturated heterocycles. The summed E-state index contributed by atoms with van der Waals surface area (Å²) in [5.41, 5.74) is -0.118. The SMILES string of the molecule is CCCNCc1ccc(COC(C)(C)C)o1. The van der Waals surface area contributed by atoms with Crippen molar-refractivity contribution >= 4 is 0 Å². The predicted molar refractivity (Wildman–Crippen MR) is 65.2 cm³/mol. The number of hydrogen-bond donors (Lipinski definition) is 1. The van der Waals surface area contributed by atoms with Gasteiger partial charge >= 0.3 is 0 Å². The molecule has 3 nitrogen and oxygen atoms in total. The summed E-state index contributed by atoms with van der Waals surface area (Å²) < 4.78 is 11.3. The topological polar surface area (TPSA) is 34.4 Å². The molecule has 0 atom stereocenters. The summed E-state index contributed by atoms with van der Waals surface area (Å²) in [6.45, 7) is 10.6. The van der Waals surface area contributed by atoms with Crippen molar-refractivity contribution in [3.63, 3.8) is 0 Å². The number of nitrogens with one attached hydrogen (secondary N) is 1. The Morgan fingerprint density at radius 2 is 1.94 bits per heavy atom. The molecule has 0 aliphatic rings. The molecule has 1 heterocycles. The zero-order valence-electron chi connectivity index (χ0n) is 10.8. The van der Waals surface area contributed by atoms with Gasteiger partial charge in [-0.25, -0.2) is 0 Å². The minimum Gasteiger partial charge on any atom is -0.462 e. The van der Waals surface area contributed by atoms with Crippen molar-refractivity contribution in [2.45, 2.75) is 52.9 Å². The molecule has 0 saturated carbocycles. The Balaban J connectivity index is 2.33. The Kier molecular flexibility index (Phi) is 5.03.